The molecule has 0 atom stereocenters. The van der Waals surface area contributed by atoms with Crippen molar-refractivity contribution in [1.82, 2.24) is 4.98 Å². The van der Waals surface area contributed by atoms with Gasteiger partial charge >= 0.3 is 12.4 Å². The maximum atomic E-state index is 12.9. The van der Waals surface area contributed by atoms with E-state index in [1.165, 1.54) is 24.4 Å². The second-order valence-electron chi connectivity index (χ2n) is 6.57. The lowest BCUT2D eigenvalue weighted by Crippen LogP contribution is -2.07. The van der Waals surface area contributed by atoms with Crippen LogP contribution in [0.3, 0.4) is 0 Å². The van der Waals surface area contributed by atoms with Gasteiger partial charge in [0.1, 0.15) is 0 Å². The van der Waals surface area contributed by atoms with E-state index in [9.17, 15) is 31.1 Å². The van der Waals surface area contributed by atoms with Crippen LogP contribution in [0.15, 0.2) is 54.7 Å². The lowest BCUT2D eigenvalue weighted by molar-refractivity contribution is -0.138. The van der Waals surface area contributed by atoms with Gasteiger partial charge in [0, 0.05) is 23.6 Å². The highest BCUT2D eigenvalue weighted by atomic mass is 35.5. The number of halogens is 7. The van der Waals surface area contributed by atoms with Crippen molar-refractivity contribution in [3.8, 4) is 0 Å². The molecule has 0 spiro atoms. The minimum absolute atomic E-state index is 0.126. The van der Waals surface area contributed by atoms with E-state index < -0.39 is 34.4 Å². The molecule has 0 saturated carbocycles. The fraction of sp³-hybridized carbons (Fsp3) is 0.143. The smallest absolute Gasteiger partial charge is 0.298 e. The van der Waals surface area contributed by atoms with Crippen LogP contribution >= 0.6 is 22.9 Å². The molecule has 1 heterocycles. The first kappa shape index (κ1) is 23.8. The Morgan fingerprint density at radius 3 is 2.50 bits per heavy atom. The first-order valence-corrected chi connectivity index (χ1v) is 10.1. The molecule has 0 aliphatic heterocycles. The van der Waals surface area contributed by atoms with Gasteiger partial charge in [-0.1, -0.05) is 35.9 Å². The average Bonchev–Trinajstić information content (AvgIpc) is 3.12. The number of rotatable bonds is 5. The maximum Gasteiger partial charge on any atom is 0.417 e. The minimum atomic E-state index is -4.62. The second kappa shape index (κ2) is 9.33. The molecule has 1 amide bonds. The molecule has 3 rings (SSSR count). The number of nitrogens with zero attached hydrogens (tertiary/aromatic N) is 1. The van der Waals surface area contributed by atoms with E-state index in [1.807, 2.05) is 0 Å². The monoisotopic (exact) mass is 490 g/mol. The zero-order valence-corrected chi connectivity index (χ0v) is 17.5. The third kappa shape index (κ3) is 6.33. The van der Waals surface area contributed by atoms with E-state index in [2.05, 4.69) is 10.3 Å². The molecular weight excluding hydrogens is 478 g/mol. The summed E-state index contributed by atoms with van der Waals surface area (Å²) >= 11 is 6.63. The van der Waals surface area contributed by atoms with Gasteiger partial charge in [-0.05, 0) is 35.4 Å². The first-order chi connectivity index (χ1) is 14.9. The molecule has 3 aromatic rings. The summed E-state index contributed by atoms with van der Waals surface area (Å²) in [6, 6.07) is 8.13. The van der Waals surface area contributed by atoms with Gasteiger partial charge in [-0.25, -0.2) is 4.98 Å². The summed E-state index contributed by atoms with van der Waals surface area (Å²) in [5, 5.41) is 2.22. The summed E-state index contributed by atoms with van der Waals surface area (Å²) < 4.78 is 77.2. The normalized spacial score (nSPS) is 12.3. The molecular formula is C21H13ClF6N2OS. The van der Waals surface area contributed by atoms with Crippen molar-refractivity contribution in [2.45, 2.75) is 18.8 Å². The van der Waals surface area contributed by atoms with E-state index in [0.29, 0.717) is 10.4 Å². The Labute approximate surface area is 187 Å². The molecule has 1 aromatic heterocycles. The number of alkyl halides is 6. The Balaban J connectivity index is 1.64. The van der Waals surface area contributed by atoms with Crippen LogP contribution in [0.5, 0.6) is 0 Å². The number of hydrogen-bond donors (Lipinski definition) is 1. The van der Waals surface area contributed by atoms with Crippen LogP contribution in [0.25, 0.3) is 6.08 Å². The zero-order chi connectivity index (χ0) is 23.5. The van der Waals surface area contributed by atoms with Crippen molar-refractivity contribution in [2.75, 3.05) is 5.32 Å². The van der Waals surface area contributed by atoms with E-state index in [0.717, 1.165) is 41.7 Å². The van der Waals surface area contributed by atoms with Gasteiger partial charge in [0.25, 0.3) is 0 Å². The third-order valence-electron chi connectivity index (χ3n) is 4.14. The van der Waals surface area contributed by atoms with Gasteiger partial charge < -0.3 is 0 Å². The van der Waals surface area contributed by atoms with Crippen LogP contribution in [-0.4, -0.2) is 10.9 Å². The molecule has 32 heavy (non-hydrogen) atoms. The predicted molar refractivity (Wildman–Crippen MR) is 110 cm³/mol. The molecule has 0 fully saturated rings. The summed E-state index contributed by atoms with van der Waals surface area (Å²) in [4.78, 5) is 16.7. The molecule has 11 heteroatoms. The third-order valence-corrected chi connectivity index (χ3v) is 5.38. The number of amides is 1. The topological polar surface area (TPSA) is 42.0 Å². The Hall–Kier alpha value is -2.85. The van der Waals surface area contributed by atoms with Gasteiger partial charge in [-0.3, -0.25) is 10.1 Å². The lowest BCUT2D eigenvalue weighted by Gasteiger charge is -2.09. The number of benzene rings is 2. The van der Waals surface area contributed by atoms with Crippen molar-refractivity contribution in [2.24, 2.45) is 0 Å². The number of thiazole rings is 1. The first-order valence-electron chi connectivity index (χ1n) is 8.88. The number of aromatic nitrogens is 1. The predicted octanol–water partition coefficient (Wildman–Crippen LogP) is 7.08. The maximum absolute atomic E-state index is 12.9. The van der Waals surface area contributed by atoms with E-state index in [1.54, 1.807) is 6.07 Å². The van der Waals surface area contributed by atoms with Crippen LogP contribution in [-0.2, 0) is 23.6 Å². The van der Waals surface area contributed by atoms with Gasteiger partial charge in [0.2, 0.25) is 5.91 Å². The fourth-order valence-corrected chi connectivity index (χ4v) is 3.76. The van der Waals surface area contributed by atoms with Gasteiger partial charge in [0.05, 0.1) is 16.1 Å². The Morgan fingerprint density at radius 1 is 1.06 bits per heavy atom. The van der Waals surface area contributed by atoms with Crippen LogP contribution in [0.2, 0.25) is 5.02 Å². The van der Waals surface area contributed by atoms with Crippen molar-refractivity contribution < 1.29 is 31.1 Å². The number of carbonyl (C=O) groups excluding carboxylic acids is 1. The largest absolute Gasteiger partial charge is 0.417 e. The summed E-state index contributed by atoms with van der Waals surface area (Å²) in [5.41, 5.74) is -1.21. The molecule has 0 aliphatic rings. The standard InChI is InChI=1S/C21H13ClF6N2OS/c22-17-6-4-12(10-16(17)21(26,27)28)5-7-18(31)30-19-29-11-15(32-19)9-13-2-1-3-14(8-13)20(23,24)25/h1-8,10-11H,9H2,(H,29,30,31)/b7-5+. The molecule has 3 nitrogen and oxygen atoms in total. The highest BCUT2D eigenvalue weighted by molar-refractivity contribution is 7.15. The number of hydrogen-bond acceptors (Lipinski definition) is 3. The highest BCUT2D eigenvalue weighted by Crippen LogP contribution is 2.35. The average molecular weight is 491 g/mol. The molecule has 1 N–H and O–H groups in total. The van der Waals surface area contributed by atoms with Gasteiger partial charge in [0.15, 0.2) is 5.13 Å². The number of carbonyl (C=O) groups is 1. The van der Waals surface area contributed by atoms with Crippen LogP contribution in [0, 0.1) is 0 Å². The highest BCUT2D eigenvalue weighted by Gasteiger charge is 2.33. The molecule has 168 valence electrons. The van der Waals surface area contributed by atoms with Crippen LogP contribution < -0.4 is 5.32 Å². The number of nitrogens with one attached hydrogen (secondary N) is 1. The summed E-state index contributed by atoms with van der Waals surface area (Å²) in [6.45, 7) is 0. The van der Waals surface area contributed by atoms with Crippen molar-refractivity contribution in [3.63, 3.8) is 0 Å². The molecule has 0 aliphatic carbocycles. The summed E-state index contributed by atoms with van der Waals surface area (Å²) in [5.74, 6) is -0.631. The summed E-state index contributed by atoms with van der Waals surface area (Å²) in [6.07, 6.45) is -5.22. The molecule has 0 saturated heterocycles. The van der Waals surface area contributed by atoms with Gasteiger partial charge in [-0.15, -0.1) is 11.3 Å². The van der Waals surface area contributed by atoms with Crippen molar-refractivity contribution in [1.29, 1.82) is 0 Å². The Bertz CT molecular complexity index is 1150. The molecule has 0 unspecified atom stereocenters. The second-order valence-corrected chi connectivity index (χ2v) is 8.09. The quantitative estimate of drug-likeness (QED) is 0.307. The van der Waals surface area contributed by atoms with Crippen molar-refractivity contribution >= 4 is 40.1 Å². The lowest BCUT2D eigenvalue weighted by atomic mass is 10.1. The zero-order valence-electron chi connectivity index (χ0n) is 15.9. The molecule has 0 bridgehead atoms. The Morgan fingerprint density at radius 2 is 1.81 bits per heavy atom. The van der Waals surface area contributed by atoms with E-state index in [-0.39, 0.29) is 17.1 Å². The SMILES string of the molecule is O=C(/C=C/c1ccc(Cl)c(C(F)(F)F)c1)Nc1ncc(Cc2cccc(C(F)(F)F)c2)s1. The summed E-state index contributed by atoms with van der Waals surface area (Å²) in [7, 11) is 0. The van der Waals surface area contributed by atoms with Gasteiger partial charge in [-0.2, -0.15) is 26.3 Å². The fourth-order valence-electron chi connectivity index (χ4n) is 2.69. The van der Waals surface area contributed by atoms with Crippen LogP contribution in [0.1, 0.15) is 27.1 Å². The Kier molecular flexibility index (Phi) is 6.94. The van der Waals surface area contributed by atoms with E-state index >= 15 is 0 Å². The molecule has 2 aromatic carbocycles. The van der Waals surface area contributed by atoms with E-state index in [4.69, 9.17) is 11.6 Å². The van der Waals surface area contributed by atoms with Crippen LogP contribution in [0.4, 0.5) is 31.5 Å². The minimum Gasteiger partial charge on any atom is -0.298 e. The number of anilines is 1. The molecule has 0 radical (unpaired) electrons. The van der Waals surface area contributed by atoms with Crippen molar-refractivity contribution in [3.05, 3.63) is 86.9 Å².